The fraction of sp³-hybridized carbons (Fsp3) is 0.812. The molecule has 6 nitrogen and oxygen atoms in total. The normalized spacial score (nSPS) is 26.7. The van der Waals surface area contributed by atoms with Gasteiger partial charge in [-0.15, -0.1) is 0 Å². The van der Waals surface area contributed by atoms with Crippen LogP contribution < -0.4 is 0 Å². The summed E-state index contributed by atoms with van der Waals surface area (Å²) in [5.74, 6) is -3.83. The fourth-order valence-electron chi connectivity index (χ4n) is 3.52. The summed E-state index contributed by atoms with van der Waals surface area (Å²) >= 11 is 0. The minimum atomic E-state index is -4.46. The molecule has 1 saturated heterocycles. The molecule has 0 spiro atoms. The molecule has 25 heavy (non-hydrogen) atoms. The molecule has 3 unspecified atom stereocenters. The van der Waals surface area contributed by atoms with E-state index in [0.717, 1.165) is 4.90 Å². The van der Waals surface area contributed by atoms with Crippen LogP contribution in [0.1, 0.15) is 32.6 Å². The summed E-state index contributed by atoms with van der Waals surface area (Å²) in [5.41, 5.74) is 0. The van der Waals surface area contributed by atoms with Gasteiger partial charge >= 0.3 is 12.1 Å². The Bertz CT molecular complexity index is 538. The molecule has 1 heterocycles. The van der Waals surface area contributed by atoms with E-state index >= 15 is 0 Å². The lowest BCUT2D eigenvalue weighted by Crippen LogP contribution is -2.52. The zero-order valence-electron chi connectivity index (χ0n) is 14.1. The first-order valence-corrected chi connectivity index (χ1v) is 8.51. The highest BCUT2D eigenvalue weighted by Crippen LogP contribution is 2.37. The lowest BCUT2D eigenvalue weighted by Gasteiger charge is -2.40. The van der Waals surface area contributed by atoms with E-state index in [9.17, 15) is 27.6 Å². The molecule has 2 fully saturated rings. The van der Waals surface area contributed by atoms with Gasteiger partial charge in [-0.05, 0) is 32.6 Å². The van der Waals surface area contributed by atoms with Gasteiger partial charge in [0.15, 0.2) is 0 Å². The number of carboxylic acid groups (broad SMARTS) is 1. The zero-order chi connectivity index (χ0) is 18.8. The third-order valence-corrected chi connectivity index (χ3v) is 5.05. The molecule has 1 saturated carbocycles. The third-order valence-electron chi connectivity index (χ3n) is 5.05. The van der Waals surface area contributed by atoms with Crippen molar-refractivity contribution in [2.24, 2.45) is 17.8 Å². The quantitative estimate of drug-likeness (QED) is 0.806. The van der Waals surface area contributed by atoms with E-state index in [1.54, 1.807) is 0 Å². The van der Waals surface area contributed by atoms with Crippen molar-refractivity contribution in [3.8, 4) is 0 Å². The van der Waals surface area contributed by atoms with Gasteiger partial charge in [0.1, 0.15) is 6.54 Å². The Morgan fingerprint density at radius 2 is 1.80 bits per heavy atom. The van der Waals surface area contributed by atoms with Gasteiger partial charge in [-0.1, -0.05) is 0 Å². The van der Waals surface area contributed by atoms with E-state index in [-0.39, 0.29) is 19.0 Å². The Morgan fingerprint density at radius 1 is 1.16 bits per heavy atom. The maximum atomic E-state index is 12.6. The first-order chi connectivity index (χ1) is 11.6. The molecule has 2 amide bonds. The number of carbonyl (C=O) groups is 3. The molecule has 0 bridgehead atoms. The summed E-state index contributed by atoms with van der Waals surface area (Å²) in [6.07, 6.45) is -2.55. The second kappa shape index (κ2) is 7.61. The topological polar surface area (TPSA) is 77.9 Å². The van der Waals surface area contributed by atoms with E-state index in [0.29, 0.717) is 32.2 Å². The molecule has 2 rings (SSSR count). The Balaban J connectivity index is 1.99. The molecule has 2 aliphatic rings. The van der Waals surface area contributed by atoms with Gasteiger partial charge in [0, 0.05) is 19.6 Å². The lowest BCUT2D eigenvalue weighted by molar-refractivity contribution is -0.166. The monoisotopic (exact) mass is 364 g/mol. The first-order valence-electron chi connectivity index (χ1n) is 8.51. The number of halogens is 3. The Hall–Kier alpha value is -1.80. The highest BCUT2D eigenvalue weighted by Gasteiger charge is 2.44. The molecule has 0 aromatic carbocycles. The fourth-order valence-corrected chi connectivity index (χ4v) is 3.52. The summed E-state index contributed by atoms with van der Waals surface area (Å²) in [4.78, 5) is 38.2. The predicted octanol–water partition coefficient (Wildman–Crippen LogP) is 1.75. The lowest BCUT2D eigenvalue weighted by atomic mass is 9.72. The minimum absolute atomic E-state index is 0.0491. The first kappa shape index (κ1) is 19.5. The number of rotatable bonds is 5. The van der Waals surface area contributed by atoms with Crippen LogP contribution in [0.25, 0.3) is 0 Å². The third kappa shape index (κ3) is 4.64. The Labute approximate surface area is 143 Å². The SMILES string of the molecule is CCN(CC(F)(F)F)C(=O)C1CCCN(C(=O)C2CCC2C(=O)O)C1. The van der Waals surface area contributed by atoms with Crippen LogP contribution in [0.3, 0.4) is 0 Å². The van der Waals surface area contributed by atoms with Crippen LogP contribution >= 0.6 is 0 Å². The number of hydrogen-bond acceptors (Lipinski definition) is 3. The minimum Gasteiger partial charge on any atom is -0.481 e. The van der Waals surface area contributed by atoms with Gasteiger partial charge < -0.3 is 14.9 Å². The maximum Gasteiger partial charge on any atom is 0.406 e. The van der Waals surface area contributed by atoms with Crippen LogP contribution in [-0.2, 0) is 14.4 Å². The molecule has 3 atom stereocenters. The molecular weight excluding hydrogens is 341 g/mol. The van der Waals surface area contributed by atoms with Gasteiger partial charge in [-0.3, -0.25) is 14.4 Å². The second-order valence-corrected chi connectivity index (χ2v) is 6.72. The van der Waals surface area contributed by atoms with E-state index in [4.69, 9.17) is 5.11 Å². The van der Waals surface area contributed by atoms with E-state index in [2.05, 4.69) is 0 Å². The van der Waals surface area contributed by atoms with Crippen LogP contribution in [0.15, 0.2) is 0 Å². The van der Waals surface area contributed by atoms with Crippen molar-refractivity contribution in [3.63, 3.8) is 0 Å². The summed E-state index contributed by atoms with van der Waals surface area (Å²) in [7, 11) is 0. The molecule has 142 valence electrons. The summed E-state index contributed by atoms with van der Waals surface area (Å²) in [6, 6.07) is 0. The van der Waals surface area contributed by atoms with Crippen LogP contribution in [-0.4, -0.2) is 65.0 Å². The van der Waals surface area contributed by atoms with E-state index < -0.39 is 42.4 Å². The van der Waals surface area contributed by atoms with Gasteiger partial charge in [0.2, 0.25) is 11.8 Å². The Kier molecular flexibility index (Phi) is 5.95. The molecular formula is C16H23F3N2O4. The van der Waals surface area contributed by atoms with Gasteiger partial charge in [-0.25, -0.2) is 0 Å². The van der Waals surface area contributed by atoms with Crippen molar-refractivity contribution in [3.05, 3.63) is 0 Å². The number of alkyl halides is 3. The van der Waals surface area contributed by atoms with Crippen LogP contribution in [0.5, 0.6) is 0 Å². The molecule has 1 aliphatic carbocycles. The van der Waals surface area contributed by atoms with Crippen molar-refractivity contribution in [2.75, 3.05) is 26.2 Å². The van der Waals surface area contributed by atoms with Crippen LogP contribution in [0, 0.1) is 17.8 Å². The van der Waals surface area contributed by atoms with Crippen LogP contribution in [0.4, 0.5) is 13.2 Å². The van der Waals surface area contributed by atoms with Crippen LogP contribution in [0.2, 0.25) is 0 Å². The summed E-state index contributed by atoms with van der Waals surface area (Å²) in [6.45, 7) is 0.621. The van der Waals surface area contributed by atoms with Gasteiger partial charge in [-0.2, -0.15) is 13.2 Å². The number of aliphatic carboxylic acids is 1. The van der Waals surface area contributed by atoms with Crippen molar-refractivity contribution in [1.29, 1.82) is 0 Å². The smallest absolute Gasteiger partial charge is 0.406 e. The number of nitrogens with zero attached hydrogens (tertiary/aromatic N) is 2. The number of piperidine rings is 1. The maximum absolute atomic E-state index is 12.6. The largest absolute Gasteiger partial charge is 0.481 e. The molecule has 1 aliphatic heterocycles. The highest BCUT2D eigenvalue weighted by atomic mass is 19.4. The summed E-state index contributed by atoms with van der Waals surface area (Å²) in [5, 5.41) is 9.07. The average Bonchev–Trinajstić information content (AvgIpc) is 2.49. The van der Waals surface area contributed by atoms with Crippen molar-refractivity contribution >= 4 is 17.8 Å². The Morgan fingerprint density at radius 3 is 2.28 bits per heavy atom. The van der Waals surface area contributed by atoms with Gasteiger partial charge in [0.05, 0.1) is 17.8 Å². The van der Waals surface area contributed by atoms with Crippen molar-refractivity contribution in [2.45, 2.75) is 38.8 Å². The van der Waals surface area contributed by atoms with Crippen molar-refractivity contribution < 1.29 is 32.7 Å². The van der Waals surface area contributed by atoms with Crippen molar-refractivity contribution in [1.82, 2.24) is 9.80 Å². The standard InChI is InChI=1S/C16H23F3N2O4/c1-2-20(9-16(17,18)19)13(22)10-4-3-7-21(8-10)14(23)11-5-6-12(11)15(24)25/h10-12H,2-9H2,1H3,(H,24,25). The highest BCUT2D eigenvalue weighted by molar-refractivity contribution is 5.87. The van der Waals surface area contributed by atoms with Gasteiger partial charge in [0.25, 0.3) is 0 Å². The average molecular weight is 364 g/mol. The predicted molar refractivity (Wildman–Crippen MR) is 81.5 cm³/mol. The second-order valence-electron chi connectivity index (χ2n) is 6.72. The number of carbonyl (C=O) groups excluding carboxylic acids is 2. The number of carboxylic acids is 1. The number of amides is 2. The number of hydrogen-bond donors (Lipinski definition) is 1. The molecule has 0 aromatic heterocycles. The molecule has 9 heteroatoms. The zero-order valence-corrected chi connectivity index (χ0v) is 14.1. The summed E-state index contributed by atoms with van der Waals surface area (Å²) < 4.78 is 37.8. The van der Waals surface area contributed by atoms with E-state index in [1.807, 2.05) is 0 Å². The molecule has 1 N–H and O–H groups in total. The molecule has 0 radical (unpaired) electrons. The number of likely N-dealkylation sites (tertiary alicyclic amines) is 1. The van der Waals surface area contributed by atoms with E-state index in [1.165, 1.54) is 11.8 Å². The molecule has 0 aromatic rings.